The zero-order valence-electron chi connectivity index (χ0n) is 16.2. The second kappa shape index (κ2) is 7.63. The second-order valence-corrected chi connectivity index (χ2v) is 7.75. The van der Waals surface area contributed by atoms with E-state index in [-0.39, 0.29) is 17.1 Å². The molecule has 0 unspecified atom stereocenters. The topological polar surface area (TPSA) is 39.8 Å². The quantitative estimate of drug-likeness (QED) is 0.380. The van der Waals surface area contributed by atoms with Gasteiger partial charge in [-0.05, 0) is 41.5 Å². The van der Waals surface area contributed by atoms with Crippen molar-refractivity contribution in [3.8, 4) is 0 Å². The predicted octanol–water partition coefficient (Wildman–Crippen LogP) is 5.38. The third kappa shape index (κ3) is 3.49. The summed E-state index contributed by atoms with van der Waals surface area (Å²) in [5.41, 5.74) is 2.77. The lowest BCUT2D eigenvalue weighted by Gasteiger charge is -2.10. The fourth-order valence-electron chi connectivity index (χ4n) is 3.85. The Morgan fingerprint density at radius 1 is 0.903 bits per heavy atom. The molecule has 0 N–H and O–H groups in total. The molecule has 0 fully saturated rings. The van der Waals surface area contributed by atoms with Gasteiger partial charge in [0.2, 0.25) is 0 Å². The van der Waals surface area contributed by atoms with Gasteiger partial charge in [-0.1, -0.05) is 48.0 Å². The number of rotatable bonds is 4. The van der Waals surface area contributed by atoms with Crippen LogP contribution in [0, 0.1) is 11.6 Å². The lowest BCUT2D eigenvalue weighted by Crippen LogP contribution is -2.23. The van der Waals surface area contributed by atoms with Gasteiger partial charge in [0.25, 0.3) is 5.56 Å². The van der Waals surface area contributed by atoms with Crippen LogP contribution < -0.4 is 5.56 Å². The zero-order chi connectivity index (χ0) is 21.5. The molecule has 0 aliphatic heterocycles. The van der Waals surface area contributed by atoms with Crippen LogP contribution in [0.5, 0.6) is 0 Å². The Hall–Kier alpha value is -3.51. The van der Waals surface area contributed by atoms with Crippen LogP contribution in [0.4, 0.5) is 8.78 Å². The van der Waals surface area contributed by atoms with Gasteiger partial charge in [-0.25, -0.2) is 13.8 Å². The van der Waals surface area contributed by atoms with Gasteiger partial charge in [-0.3, -0.25) is 9.36 Å². The molecule has 0 radical (unpaired) electrons. The van der Waals surface area contributed by atoms with Crippen LogP contribution in [0.15, 0.2) is 77.9 Å². The van der Waals surface area contributed by atoms with E-state index in [4.69, 9.17) is 11.6 Å². The Kier molecular flexibility index (Phi) is 4.79. The molecule has 154 valence electrons. The second-order valence-electron chi connectivity index (χ2n) is 7.34. The molecule has 0 aliphatic carbocycles. The molecule has 7 heteroatoms. The Morgan fingerprint density at radius 2 is 1.65 bits per heavy atom. The molecule has 31 heavy (non-hydrogen) atoms. The van der Waals surface area contributed by atoms with Crippen molar-refractivity contribution in [3.05, 3.63) is 111 Å². The summed E-state index contributed by atoms with van der Waals surface area (Å²) in [4.78, 5) is 17.9. The average Bonchev–Trinajstić information content (AvgIpc) is 3.06. The van der Waals surface area contributed by atoms with E-state index >= 15 is 0 Å². The molecule has 2 heterocycles. The highest BCUT2D eigenvalue weighted by atomic mass is 35.5. The van der Waals surface area contributed by atoms with Crippen molar-refractivity contribution in [3.63, 3.8) is 0 Å². The summed E-state index contributed by atoms with van der Waals surface area (Å²) < 4.78 is 30.8. The highest BCUT2D eigenvalue weighted by Crippen LogP contribution is 2.28. The van der Waals surface area contributed by atoms with Gasteiger partial charge in [0.15, 0.2) is 0 Å². The largest absolute Gasteiger partial charge is 0.330 e. The number of aromatic nitrogens is 3. The first-order chi connectivity index (χ1) is 15.0. The molecule has 2 aromatic heterocycles. The van der Waals surface area contributed by atoms with Crippen LogP contribution in [-0.4, -0.2) is 14.1 Å². The fourth-order valence-corrected chi connectivity index (χ4v) is 4.08. The highest BCUT2D eigenvalue weighted by Gasteiger charge is 2.18. The molecular formula is C24H16ClF2N3O. The lowest BCUT2D eigenvalue weighted by molar-refractivity contribution is 0.626. The number of nitrogens with zero attached hydrogens (tertiary/aromatic N) is 3. The summed E-state index contributed by atoms with van der Waals surface area (Å²) in [6, 6.07) is 18.0. The monoisotopic (exact) mass is 435 g/mol. The van der Waals surface area contributed by atoms with Crippen molar-refractivity contribution < 1.29 is 8.78 Å². The normalized spacial score (nSPS) is 11.5. The summed E-state index contributed by atoms with van der Waals surface area (Å²) in [6.45, 7) is 0.576. The summed E-state index contributed by atoms with van der Waals surface area (Å²) in [5.74, 6) is -0.855. The van der Waals surface area contributed by atoms with Crippen molar-refractivity contribution in [2.24, 2.45) is 0 Å². The summed E-state index contributed by atoms with van der Waals surface area (Å²) in [5, 5.41) is 0.794. The van der Waals surface area contributed by atoms with Crippen molar-refractivity contribution in [2.45, 2.75) is 13.1 Å². The van der Waals surface area contributed by atoms with E-state index in [2.05, 4.69) is 4.98 Å². The van der Waals surface area contributed by atoms with Crippen LogP contribution in [0.2, 0.25) is 5.02 Å². The molecule has 0 spiro atoms. The number of halogens is 3. The first kappa shape index (κ1) is 19.5. The number of hydrogen-bond donors (Lipinski definition) is 0. The summed E-state index contributed by atoms with van der Waals surface area (Å²) >= 11 is 6.24. The van der Waals surface area contributed by atoms with Crippen molar-refractivity contribution >= 4 is 33.5 Å². The molecule has 0 saturated carbocycles. The Labute approximate surface area is 181 Å². The maximum absolute atomic E-state index is 14.0. The third-order valence-electron chi connectivity index (χ3n) is 5.33. The van der Waals surface area contributed by atoms with Gasteiger partial charge in [-0.2, -0.15) is 0 Å². The fraction of sp³-hybridized carbons (Fsp3) is 0.0833. The molecule has 3 aromatic carbocycles. The molecule has 0 amide bonds. The third-order valence-corrected chi connectivity index (χ3v) is 5.68. The van der Waals surface area contributed by atoms with Gasteiger partial charge in [-0.15, -0.1) is 0 Å². The predicted molar refractivity (Wildman–Crippen MR) is 118 cm³/mol. The summed E-state index contributed by atoms with van der Waals surface area (Å²) in [7, 11) is 0. The number of fused-ring (bicyclic) bond motifs is 3. The minimum atomic E-state index is -0.440. The van der Waals surface area contributed by atoms with Gasteiger partial charge in [0.05, 0.1) is 18.4 Å². The minimum Gasteiger partial charge on any atom is -0.330 e. The smallest absolute Gasteiger partial charge is 0.278 e. The maximum atomic E-state index is 14.0. The lowest BCUT2D eigenvalue weighted by atomic mass is 10.2. The van der Waals surface area contributed by atoms with E-state index in [0.29, 0.717) is 34.0 Å². The number of benzene rings is 3. The Morgan fingerprint density at radius 3 is 2.42 bits per heavy atom. The molecule has 0 aliphatic rings. The summed E-state index contributed by atoms with van der Waals surface area (Å²) in [6.07, 6.45) is 1.48. The highest BCUT2D eigenvalue weighted by molar-refractivity contribution is 6.31. The van der Waals surface area contributed by atoms with Crippen LogP contribution in [0.1, 0.15) is 11.1 Å². The van der Waals surface area contributed by atoms with Gasteiger partial charge >= 0.3 is 0 Å². The molecule has 5 rings (SSSR count). The first-order valence-corrected chi connectivity index (χ1v) is 10.0. The van der Waals surface area contributed by atoms with E-state index in [1.165, 1.54) is 35.2 Å². The van der Waals surface area contributed by atoms with E-state index < -0.39 is 11.6 Å². The van der Waals surface area contributed by atoms with Crippen LogP contribution in [0.25, 0.3) is 21.9 Å². The van der Waals surface area contributed by atoms with E-state index in [0.717, 1.165) is 5.56 Å². The number of hydrogen-bond acceptors (Lipinski definition) is 2. The van der Waals surface area contributed by atoms with Crippen LogP contribution >= 0.6 is 11.6 Å². The van der Waals surface area contributed by atoms with Gasteiger partial charge < -0.3 is 4.57 Å². The van der Waals surface area contributed by atoms with Crippen molar-refractivity contribution in [1.82, 2.24) is 14.1 Å². The Balaban J connectivity index is 1.74. The average molecular weight is 436 g/mol. The standard InChI is InChI=1S/C24H16ClF2N3O/c25-20-11-18(27)7-6-16(20)13-30-21-9-8-17(26)10-19(21)22-23(30)24(31)29(14-28-22)12-15-4-2-1-3-5-15/h1-11,14H,12-13H2. The Bertz CT molecular complexity index is 1490. The maximum Gasteiger partial charge on any atom is 0.278 e. The molecule has 5 aromatic rings. The molecule has 0 bridgehead atoms. The molecular weight excluding hydrogens is 420 g/mol. The van der Waals surface area contributed by atoms with Crippen molar-refractivity contribution in [2.75, 3.05) is 0 Å². The van der Waals surface area contributed by atoms with Gasteiger partial charge in [0, 0.05) is 17.0 Å². The molecule has 0 atom stereocenters. The SMILES string of the molecule is O=c1c2c(ncn1Cc1ccccc1)c1cc(F)ccc1n2Cc1ccc(F)cc1Cl. The van der Waals surface area contributed by atoms with Gasteiger partial charge in [0.1, 0.15) is 22.7 Å². The van der Waals surface area contributed by atoms with E-state index in [1.54, 1.807) is 16.7 Å². The van der Waals surface area contributed by atoms with Crippen LogP contribution in [0.3, 0.4) is 0 Å². The van der Waals surface area contributed by atoms with E-state index in [1.807, 2.05) is 30.3 Å². The van der Waals surface area contributed by atoms with Crippen molar-refractivity contribution in [1.29, 1.82) is 0 Å². The first-order valence-electron chi connectivity index (χ1n) is 9.66. The van der Waals surface area contributed by atoms with Crippen LogP contribution in [-0.2, 0) is 13.1 Å². The van der Waals surface area contributed by atoms with E-state index in [9.17, 15) is 13.6 Å². The zero-order valence-corrected chi connectivity index (χ0v) is 17.0. The minimum absolute atomic E-state index is 0.219. The molecule has 4 nitrogen and oxygen atoms in total. The molecule has 0 saturated heterocycles.